The van der Waals surface area contributed by atoms with Crippen molar-refractivity contribution >= 4 is 34.4 Å². The third-order valence-corrected chi connectivity index (χ3v) is 6.32. The highest BCUT2D eigenvalue weighted by Gasteiger charge is 2.42. The molecule has 176 valence electrons. The lowest BCUT2D eigenvalue weighted by Crippen LogP contribution is -2.29. The van der Waals surface area contributed by atoms with Gasteiger partial charge in [-0.05, 0) is 60.7 Å². The zero-order chi connectivity index (χ0) is 24.5. The molecule has 1 saturated heterocycles. The molecule has 2 atom stereocenters. The van der Waals surface area contributed by atoms with Gasteiger partial charge in [-0.3, -0.25) is 15.1 Å². The van der Waals surface area contributed by atoms with Gasteiger partial charge in [0.15, 0.2) is 5.11 Å². The van der Waals surface area contributed by atoms with Crippen molar-refractivity contribution in [1.82, 2.24) is 10.3 Å². The number of furan rings is 1. The SMILES string of the molecule is CN(C)c1ccc(N2C(=S)N[C@H](c3ccccn3)[C@@H]2c2ccc(-c3cccc([N+](=O)[O-])c3)o2)cc1. The highest BCUT2D eigenvalue weighted by molar-refractivity contribution is 7.80. The molecule has 4 aromatic rings. The number of nitro groups is 1. The van der Waals surface area contributed by atoms with E-state index in [1.807, 2.05) is 78.5 Å². The molecule has 0 bridgehead atoms. The molecule has 0 spiro atoms. The van der Waals surface area contributed by atoms with Gasteiger partial charge in [-0.1, -0.05) is 18.2 Å². The minimum Gasteiger partial charge on any atom is -0.459 e. The molecule has 0 unspecified atom stereocenters. The van der Waals surface area contributed by atoms with E-state index in [0.29, 0.717) is 22.2 Å². The average molecular weight is 486 g/mol. The zero-order valence-electron chi connectivity index (χ0n) is 19.2. The molecular weight excluding hydrogens is 462 g/mol. The van der Waals surface area contributed by atoms with Crippen molar-refractivity contribution < 1.29 is 9.34 Å². The number of nitro benzene ring substituents is 1. The molecular formula is C26H23N5O3S. The molecule has 0 amide bonds. The van der Waals surface area contributed by atoms with Crippen molar-refractivity contribution in [3.63, 3.8) is 0 Å². The number of rotatable bonds is 6. The summed E-state index contributed by atoms with van der Waals surface area (Å²) in [6.07, 6.45) is 1.75. The van der Waals surface area contributed by atoms with Crippen LogP contribution in [0.2, 0.25) is 0 Å². The van der Waals surface area contributed by atoms with Crippen LogP contribution in [0.1, 0.15) is 23.5 Å². The first kappa shape index (κ1) is 22.5. The first-order valence-corrected chi connectivity index (χ1v) is 11.5. The van der Waals surface area contributed by atoms with Crippen LogP contribution < -0.4 is 15.1 Å². The number of nitrogens with zero attached hydrogens (tertiary/aromatic N) is 4. The fourth-order valence-corrected chi connectivity index (χ4v) is 4.62. The standard InChI is InChI=1S/C26H23N5O3S/c1-29(2)18-9-11-19(12-10-18)30-25(24(28-26(30)35)21-8-3-4-15-27-21)23-14-13-22(34-23)17-6-5-7-20(16-17)31(32)33/h3-16,24-25H,1-2H3,(H,28,35)/t24-,25+/m1/s1. The molecule has 0 radical (unpaired) electrons. The van der Waals surface area contributed by atoms with Gasteiger partial charge in [-0.2, -0.15) is 0 Å². The van der Waals surface area contributed by atoms with E-state index in [1.165, 1.54) is 12.1 Å². The number of thiocarbonyl (C=S) groups is 1. The van der Waals surface area contributed by atoms with E-state index >= 15 is 0 Å². The Bertz CT molecular complexity index is 1370. The minimum atomic E-state index is -0.414. The quantitative estimate of drug-likeness (QED) is 0.218. The first-order valence-electron chi connectivity index (χ1n) is 11.0. The van der Waals surface area contributed by atoms with E-state index in [4.69, 9.17) is 16.6 Å². The van der Waals surface area contributed by atoms with Gasteiger partial charge in [0.25, 0.3) is 5.69 Å². The number of hydrogen-bond donors (Lipinski definition) is 1. The van der Waals surface area contributed by atoms with Gasteiger partial charge < -0.3 is 19.5 Å². The Balaban J connectivity index is 1.57. The summed E-state index contributed by atoms with van der Waals surface area (Å²) in [4.78, 5) is 19.5. The smallest absolute Gasteiger partial charge is 0.270 e. The Hall–Kier alpha value is -4.24. The van der Waals surface area contributed by atoms with Gasteiger partial charge in [0, 0.05) is 49.4 Å². The monoisotopic (exact) mass is 485 g/mol. The maximum atomic E-state index is 11.2. The highest BCUT2D eigenvalue weighted by atomic mass is 32.1. The Kier molecular flexibility index (Phi) is 5.92. The Morgan fingerprint density at radius 3 is 2.54 bits per heavy atom. The largest absolute Gasteiger partial charge is 0.459 e. The number of anilines is 2. The molecule has 0 aliphatic carbocycles. The van der Waals surface area contributed by atoms with E-state index in [-0.39, 0.29) is 17.8 Å². The van der Waals surface area contributed by atoms with Crippen LogP contribution in [0.3, 0.4) is 0 Å². The van der Waals surface area contributed by atoms with Crippen LogP contribution in [0.25, 0.3) is 11.3 Å². The van der Waals surface area contributed by atoms with Gasteiger partial charge in [-0.15, -0.1) is 0 Å². The first-order chi connectivity index (χ1) is 16.9. The van der Waals surface area contributed by atoms with E-state index in [2.05, 4.69) is 10.3 Å². The maximum Gasteiger partial charge on any atom is 0.270 e. The van der Waals surface area contributed by atoms with Crippen LogP contribution in [-0.4, -0.2) is 29.1 Å². The fourth-order valence-electron chi connectivity index (χ4n) is 4.27. The third-order valence-electron chi connectivity index (χ3n) is 6.00. The summed E-state index contributed by atoms with van der Waals surface area (Å²) in [5.41, 5.74) is 3.48. The summed E-state index contributed by atoms with van der Waals surface area (Å²) in [5.74, 6) is 1.22. The van der Waals surface area contributed by atoms with E-state index < -0.39 is 4.92 Å². The van der Waals surface area contributed by atoms with Crippen LogP contribution in [0, 0.1) is 10.1 Å². The minimum absolute atomic E-state index is 0.0122. The topological polar surface area (TPSA) is 87.7 Å². The second-order valence-corrected chi connectivity index (χ2v) is 8.80. The van der Waals surface area contributed by atoms with Crippen LogP contribution >= 0.6 is 12.2 Å². The van der Waals surface area contributed by atoms with Crippen molar-refractivity contribution in [2.75, 3.05) is 23.9 Å². The fraction of sp³-hybridized carbons (Fsp3) is 0.154. The van der Waals surface area contributed by atoms with Crippen molar-refractivity contribution in [3.8, 4) is 11.3 Å². The third kappa shape index (κ3) is 4.33. The number of hydrogen-bond acceptors (Lipinski definition) is 6. The summed E-state index contributed by atoms with van der Waals surface area (Å²) < 4.78 is 6.30. The predicted octanol–water partition coefficient (Wildman–Crippen LogP) is 5.49. The molecule has 0 saturated carbocycles. The van der Waals surface area contributed by atoms with Crippen LogP contribution in [-0.2, 0) is 0 Å². The summed E-state index contributed by atoms with van der Waals surface area (Å²) in [6.45, 7) is 0. The Morgan fingerprint density at radius 2 is 1.86 bits per heavy atom. The Labute approximate surface area is 208 Å². The van der Waals surface area contributed by atoms with E-state index in [1.54, 1.807) is 18.3 Å². The summed E-state index contributed by atoms with van der Waals surface area (Å²) in [5, 5.41) is 15.2. The lowest BCUT2D eigenvalue weighted by Gasteiger charge is -2.26. The molecule has 35 heavy (non-hydrogen) atoms. The molecule has 9 heteroatoms. The zero-order valence-corrected chi connectivity index (χ0v) is 20.0. The molecule has 8 nitrogen and oxygen atoms in total. The number of benzene rings is 2. The van der Waals surface area contributed by atoms with Gasteiger partial charge in [0.2, 0.25) is 0 Å². The molecule has 2 aromatic heterocycles. The number of non-ortho nitro benzene ring substituents is 1. The van der Waals surface area contributed by atoms with Crippen LogP contribution in [0.5, 0.6) is 0 Å². The van der Waals surface area contributed by atoms with Crippen LogP contribution in [0.15, 0.2) is 89.5 Å². The second kappa shape index (κ2) is 9.19. The van der Waals surface area contributed by atoms with Crippen molar-refractivity contribution in [2.45, 2.75) is 12.1 Å². The van der Waals surface area contributed by atoms with Crippen molar-refractivity contribution in [1.29, 1.82) is 0 Å². The molecule has 1 N–H and O–H groups in total. The molecule has 1 fully saturated rings. The normalized spacial score (nSPS) is 17.3. The highest BCUT2D eigenvalue weighted by Crippen LogP contribution is 2.43. The van der Waals surface area contributed by atoms with Gasteiger partial charge >= 0.3 is 0 Å². The Morgan fingerprint density at radius 1 is 1.06 bits per heavy atom. The van der Waals surface area contributed by atoms with Gasteiger partial charge in [0.1, 0.15) is 17.6 Å². The molecule has 3 heterocycles. The van der Waals surface area contributed by atoms with Crippen molar-refractivity contribution in [2.24, 2.45) is 0 Å². The lowest BCUT2D eigenvalue weighted by molar-refractivity contribution is -0.384. The molecule has 2 aromatic carbocycles. The van der Waals surface area contributed by atoms with Crippen LogP contribution in [0.4, 0.5) is 17.1 Å². The number of nitrogens with one attached hydrogen (secondary N) is 1. The summed E-state index contributed by atoms with van der Waals surface area (Å²) in [6, 6.07) is 23.5. The van der Waals surface area contributed by atoms with E-state index in [9.17, 15) is 10.1 Å². The summed E-state index contributed by atoms with van der Waals surface area (Å²) >= 11 is 5.77. The second-order valence-electron chi connectivity index (χ2n) is 8.42. The van der Waals surface area contributed by atoms with Crippen molar-refractivity contribution in [3.05, 3.63) is 107 Å². The van der Waals surface area contributed by atoms with Gasteiger partial charge in [-0.25, -0.2) is 0 Å². The molecule has 5 rings (SSSR count). The van der Waals surface area contributed by atoms with E-state index in [0.717, 1.165) is 17.1 Å². The average Bonchev–Trinajstić information content (AvgIpc) is 3.49. The lowest BCUT2D eigenvalue weighted by atomic mass is 10.0. The summed E-state index contributed by atoms with van der Waals surface area (Å²) in [7, 11) is 3.99. The predicted molar refractivity (Wildman–Crippen MR) is 139 cm³/mol. The van der Waals surface area contributed by atoms with Gasteiger partial charge in [0.05, 0.1) is 16.7 Å². The number of aromatic nitrogens is 1. The molecule has 1 aliphatic rings. The molecule has 1 aliphatic heterocycles. The maximum absolute atomic E-state index is 11.2. The number of pyridine rings is 1.